The lowest BCUT2D eigenvalue weighted by Gasteiger charge is -2.31. The molecule has 106 valence electrons. The highest BCUT2D eigenvalue weighted by Crippen LogP contribution is 2.31. The van der Waals surface area contributed by atoms with Gasteiger partial charge >= 0.3 is 0 Å². The quantitative estimate of drug-likeness (QED) is 0.841. The summed E-state index contributed by atoms with van der Waals surface area (Å²) in [6.07, 6.45) is 11.3. The molecular weight excluding hydrogens is 246 g/mol. The molecule has 2 N–H and O–H groups in total. The summed E-state index contributed by atoms with van der Waals surface area (Å²) in [5.41, 5.74) is 6.16. The van der Waals surface area contributed by atoms with Gasteiger partial charge in [0.25, 0.3) is 0 Å². The van der Waals surface area contributed by atoms with Gasteiger partial charge < -0.3 is 5.73 Å². The van der Waals surface area contributed by atoms with Crippen LogP contribution in [0.1, 0.15) is 70.6 Å². The Morgan fingerprint density at radius 2 is 1.22 bits per heavy atom. The van der Waals surface area contributed by atoms with Crippen molar-refractivity contribution < 1.29 is 8.42 Å². The molecule has 18 heavy (non-hydrogen) atoms. The normalized spacial score (nSPS) is 32.7. The molecule has 4 heteroatoms. The van der Waals surface area contributed by atoms with Crippen molar-refractivity contribution in [3.05, 3.63) is 0 Å². The third-order valence-corrected chi connectivity index (χ3v) is 7.52. The second-order valence-corrected chi connectivity index (χ2v) is 8.49. The number of hydrogen-bond donors (Lipinski definition) is 1. The second-order valence-electron chi connectivity index (χ2n) is 6.04. The van der Waals surface area contributed by atoms with Crippen molar-refractivity contribution in [2.24, 2.45) is 5.73 Å². The molecule has 2 saturated carbocycles. The maximum absolute atomic E-state index is 12.7. The summed E-state index contributed by atoms with van der Waals surface area (Å²) >= 11 is 0. The van der Waals surface area contributed by atoms with E-state index in [-0.39, 0.29) is 16.5 Å². The lowest BCUT2D eigenvalue weighted by molar-refractivity contribution is 0.427. The highest BCUT2D eigenvalue weighted by molar-refractivity contribution is 7.92. The third kappa shape index (κ3) is 3.27. The van der Waals surface area contributed by atoms with Crippen molar-refractivity contribution in [2.75, 3.05) is 0 Å². The molecule has 0 amide bonds. The Hall–Kier alpha value is -0.0900. The Morgan fingerprint density at radius 1 is 0.722 bits per heavy atom. The molecule has 2 aliphatic rings. The molecule has 2 unspecified atom stereocenters. The van der Waals surface area contributed by atoms with E-state index in [9.17, 15) is 8.42 Å². The van der Waals surface area contributed by atoms with Crippen LogP contribution >= 0.6 is 0 Å². The summed E-state index contributed by atoms with van der Waals surface area (Å²) in [6, 6.07) is -0.128. The van der Waals surface area contributed by atoms with Crippen LogP contribution in [0, 0.1) is 0 Å². The summed E-state index contributed by atoms with van der Waals surface area (Å²) < 4.78 is 25.5. The Morgan fingerprint density at radius 3 is 1.89 bits per heavy atom. The average molecular weight is 273 g/mol. The molecule has 3 nitrogen and oxygen atoms in total. The van der Waals surface area contributed by atoms with E-state index in [1.165, 1.54) is 19.3 Å². The van der Waals surface area contributed by atoms with E-state index in [1.54, 1.807) is 0 Å². The minimum atomic E-state index is -3.00. The van der Waals surface area contributed by atoms with E-state index < -0.39 is 9.84 Å². The Balaban J connectivity index is 2.09. The number of hydrogen-bond acceptors (Lipinski definition) is 3. The Kier molecular flexibility index (Phi) is 5.07. The molecule has 0 saturated heterocycles. The fourth-order valence-corrected chi connectivity index (χ4v) is 6.13. The summed E-state index contributed by atoms with van der Waals surface area (Å²) in [5, 5.41) is -0.359. The van der Waals surface area contributed by atoms with Gasteiger partial charge in [0.05, 0.1) is 10.5 Å². The van der Waals surface area contributed by atoms with Gasteiger partial charge in [-0.05, 0) is 25.7 Å². The smallest absolute Gasteiger partial charge is 0.157 e. The molecule has 2 fully saturated rings. The van der Waals surface area contributed by atoms with E-state index in [0.29, 0.717) is 0 Å². The first kappa shape index (κ1) is 14.3. The van der Waals surface area contributed by atoms with Crippen LogP contribution in [0.3, 0.4) is 0 Å². The maximum atomic E-state index is 12.7. The first-order valence-electron chi connectivity index (χ1n) is 7.60. The average Bonchev–Trinajstić information content (AvgIpc) is 2.35. The van der Waals surface area contributed by atoms with Crippen LogP contribution in [-0.2, 0) is 9.84 Å². The van der Waals surface area contributed by atoms with Crippen molar-refractivity contribution in [1.82, 2.24) is 0 Å². The van der Waals surface area contributed by atoms with Gasteiger partial charge in [0.2, 0.25) is 0 Å². The molecule has 0 spiro atoms. The van der Waals surface area contributed by atoms with Crippen LogP contribution in [-0.4, -0.2) is 25.0 Å². The van der Waals surface area contributed by atoms with Crippen LogP contribution < -0.4 is 5.73 Å². The largest absolute Gasteiger partial charge is 0.327 e. The van der Waals surface area contributed by atoms with Gasteiger partial charge in [-0.25, -0.2) is 8.42 Å². The van der Waals surface area contributed by atoms with Crippen LogP contribution in [0.2, 0.25) is 0 Å². The molecule has 2 atom stereocenters. The fourth-order valence-electron chi connectivity index (χ4n) is 3.53. The monoisotopic (exact) mass is 273 g/mol. The minimum Gasteiger partial charge on any atom is -0.327 e. The van der Waals surface area contributed by atoms with Crippen molar-refractivity contribution in [3.63, 3.8) is 0 Å². The van der Waals surface area contributed by atoms with Gasteiger partial charge in [-0.2, -0.15) is 0 Å². The zero-order valence-electron chi connectivity index (χ0n) is 11.3. The molecule has 0 aromatic heterocycles. The van der Waals surface area contributed by atoms with Crippen LogP contribution in [0.25, 0.3) is 0 Å². The van der Waals surface area contributed by atoms with Crippen LogP contribution in [0.5, 0.6) is 0 Å². The standard InChI is InChI=1S/C14H27NO2S/c15-13-10-6-1-2-7-11-14(13)18(16,17)12-8-4-3-5-9-12/h12-14H,1-11,15H2. The molecule has 0 aromatic rings. The summed E-state index contributed by atoms with van der Waals surface area (Å²) in [6.45, 7) is 0. The number of nitrogens with two attached hydrogens (primary N) is 1. The molecule has 0 bridgehead atoms. The lowest BCUT2D eigenvalue weighted by Crippen LogP contribution is -2.45. The Bertz CT molecular complexity index is 347. The van der Waals surface area contributed by atoms with Crippen molar-refractivity contribution in [1.29, 1.82) is 0 Å². The molecule has 0 radical (unpaired) electrons. The van der Waals surface area contributed by atoms with Crippen LogP contribution in [0.4, 0.5) is 0 Å². The zero-order chi connectivity index (χ0) is 13.0. The predicted molar refractivity (Wildman–Crippen MR) is 75.3 cm³/mol. The van der Waals surface area contributed by atoms with Gasteiger partial charge in [0.15, 0.2) is 9.84 Å². The summed E-state index contributed by atoms with van der Waals surface area (Å²) in [7, 11) is -3.00. The molecule has 0 aromatic carbocycles. The minimum absolute atomic E-state index is 0.0956. The van der Waals surface area contributed by atoms with Gasteiger partial charge in [-0.15, -0.1) is 0 Å². The second kappa shape index (κ2) is 6.38. The van der Waals surface area contributed by atoms with E-state index in [2.05, 4.69) is 0 Å². The highest BCUT2D eigenvalue weighted by Gasteiger charge is 2.37. The first-order valence-corrected chi connectivity index (χ1v) is 9.21. The van der Waals surface area contributed by atoms with Gasteiger partial charge in [-0.1, -0.05) is 44.9 Å². The number of sulfone groups is 1. The van der Waals surface area contributed by atoms with Crippen molar-refractivity contribution in [2.45, 2.75) is 87.2 Å². The van der Waals surface area contributed by atoms with Crippen molar-refractivity contribution >= 4 is 9.84 Å². The van der Waals surface area contributed by atoms with Gasteiger partial charge in [0.1, 0.15) is 0 Å². The number of rotatable bonds is 2. The van der Waals surface area contributed by atoms with E-state index >= 15 is 0 Å². The van der Waals surface area contributed by atoms with E-state index in [1.807, 2.05) is 0 Å². The molecule has 2 rings (SSSR count). The van der Waals surface area contributed by atoms with Gasteiger partial charge in [-0.3, -0.25) is 0 Å². The Labute approximate surface area is 111 Å². The molecule has 0 aliphatic heterocycles. The molecule has 0 heterocycles. The van der Waals surface area contributed by atoms with Gasteiger partial charge in [0, 0.05) is 6.04 Å². The lowest BCUT2D eigenvalue weighted by atomic mass is 9.97. The first-order chi connectivity index (χ1) is 8.62. The predicted octanol–water partition coefficient (Wildman–Crippen LogP) is 2.78. The van der Waals surface area contributed by atoms with Crippen LogP contribution in [0.15, 0.2) is 0 Å². The van der Waals surface area contributed by atoms with E-state index in [4.69, 9.17) is 5.73 Å². The van der Waals surface area contributed by atoms with E-state index in [0.717, 1.165) is 51.4 Å². The summed E-state index contributed by atoms with van der Waals surface area (Å²) in [4.78, 5) is 0. The molecule has 2 aliphatic carbocycles. The summed E-state index contributed by atoms with van der Waals surface area (Å²) in [5.74, 6) is 0. The maximum Gasteiger partial charge on any atom is 0.157 e. The van der Waals surface area contributed by atoms with Crippen molar-refractivity contribution in [3.8, 4) is 0 Å². The zero-order valence-corrected chi connectivity index (χ0v) is 12.1. The topological polar surface area (TPSA) is 60.2 Å². The third-order valence-electron chi connectivity index (χ3n) is 4.69. The molecular formula is C14H27NO2S. The SMILES string of the molecule is NC1CCCCCCC1S(=O)(=O)C1CCCCC1. The highest BCUT2D eigenvalue weighted by atomic mass is 32.2. The fraction of sp³-hybridized carbons (Fsp3) is 1.00.